The fourth-order valence-corrected chi connectivity index (χ4v) is 2.19. The van der Waals surface area contributed by atoms with Gasteiger partial charge in [-0.15, -0.1) is 24.0 Å². The number of hydrogen-bond acceptors (Lipinski definition) is 4. The van der Waals surface area contributed by atoms with Crippen molar-refractivity contribution in [2.75, 3.05) is 33.9 Å². The summed E-state index contributed by atoms with van der Waals surface area (Å²) in [6.07, 6.45) is 1.09. The first-order valence-corrected chi connectivity index (χ1v) is 8.38. The van der Waals surface area contributed by atoms with Crippen LogP contribution >= 0.6 is 24.0 Å². The molecule has 0 aliphatic rings. The highest BCUT2D eigenvalue weighted by Gasteiger charge is 2.07. The Morgan fingerprint density at radius 1 is 1.24 bits per heavy atom. The van der Waals surface area contributed by atoms with E-state index in [1.54, 1.807) is 7.11 Å². The quantitative estimate of drug-likeness (QED) is 0.201. The van der Waals surface area contributed by atoms with Gasteiger partial charge in [-0.2, -0.15) is 0 Å². The number of guanidine groups is 1. The van der Waals surface area contributed by atoms with E-state index in [-0.39, 0.29) is 29.9 Å². The Kier molecular flexibility index (Phi) is 12.9. The van der Waals surface area contributed by atoms with Crippen LogP contribution in [0, 0.1) is 0 Å². The van der Waals surface area contributed by atoms with E-state index < -0.39 is 0 Å². The summed E-state index contributed by atoms with van der Waals surface area (Å²) >= 11 is 0. The first-order chi connectivity index (χ1) is 11.6. The van der Waals surface area contributed by atoms with E-state index in [0.29, 0.717) is 26.0 Å². The molecule has 0 radical (unpaired) electrons. The number of ether oxygens (including phenoxy) is 2. The number of aliphatic imine (C=N–C) groups is 1. The van der Waals surface area contributed by atoms with Crippen LogP contribution in [0.1, 0.15) is 32.3 Å². The lowest BCUT2D eigenvalue weighted by atomic mass is 10.2. The fraction of sp³-hybridized carbons (Fsp3) is 0.556. The molecule has 0 fully saturated rings. The molecule has 0 bridgehead atoms. The van der Waals surface area contributed by atoms with Gasteiger partial charge in [-0.25, -0.2) is 0 Å². The van der Waals surface area contributed by atoms with E-state index in [1.807, 2.05) is 45.2 Å². The Morgan fingerprint density at radius 2 is 1.92 bits per heavy atom. The van der Waals surface area contributed by atoms with Crippen LogP contribution in [0.25, 0.3) is 0 Å². The Morgan fingerprint density at radius 3 is 2.48 bits per heavy atom. The molecular weight excluding hydrogens is 433 g/mol. The minimum absolute atomic E-state index is 0. The van der Waals surface area contributed by atoms with Gasteiger partial charge in [0.15, 0.2) is 5.96 Å². The van der Waals surface area contributed by atoms with E-state index in [2.05, 4.69) is 15.2 Å². The van der Waals surface area contributed by atoms with E-state index in [4.69, 9.17) is 9.47 Å². The van der Waals surface area contributed by atoms with Crippen molar-refractivity contribution in [3.8, 4) is 5.75 Å². The van der Waals surface area contributed by atoms with Crippen LogP contribution in [0.5, 0.6) is 5.75 Å². The van der Waals surface area contributed by atoms with Crippen molar-refractivity contribution >= 4 is 35.9 Å². The van der Waals surface area contributed by atoms with E-state index in [0.717, 1.165) is 24.8 Å². The second kappa shape index (κ2) is 13.7. The number of esters is 1. The van der Waals surface area contributed by atoms with E-state index in [9.17, 15) is 4.79 Å². The number of carbonyl (C=O) groups is 1. The highest BCUT2D eigenvalue weighted by atomic mass is 127. The molecule has 0 saturated heterocycles. The highest BCUT2D eigenvalue weighted by Crippen LogP contribution is 2.12. The number of methoxy groups -OCH3 is 1. The number of nitrogens with one attached hydrogen (secondary N) is 1. The van der Waals surface area contributed by atoms with Crippen molar-refractivity contribution in [2.45, 2.75) is 33.2 Å². The zero-order valence-electron chi connectivity index (χ0n) is 15.6. The van der Waals surface area contributed by atoms with Gasteiger partial charge in [-0.1, -0.05) is 12.1 Å². The fourth-order valence-electron chi connectivity index (χ4n) is 2.19. The molecule has 1 aromatic carbocycles. The number of carbonyl (C=O) groups excluding carboxylic acids is 1. The van der Waals surface area contributed by atoms with Gasteiger partial charge in [0, 0.05) is 33.1 Å². The SMILES string of the molecule is CCNC(=NCCCC(=O)OCC)N(C)Cc1ccc(OC)cc1.I. The zero-order valence-corrected chi connectivity index (χ0v) is 17.9. The molecule has 6 nitrogen and oxygen atoms in total. The van der Waals surface area contributed by atoms with Crippen molar-refractivity contribution in [1.29, 1.82) is 0 Å². The van der Waals surface area contributed by atoms with Gasteiger partial charge in [0.25, 0.3) is 0 Å². The number of nitrogens with zero attached hydrogens (tertiary/aromatic N) is 2. The normalized spacial score (nSPS) is 10.6. The number of hydrogen-bond donors (Lipinski definition) is 1. The molecule has 7 heteroatoms. The third-order valence-electron chi connectivity index (χ3n) is 3.38. The minimum atomic E-state index is -0.163. The summed E-state index contributed by atoms with van der Waals surface area (Å²) in [5.74, 6) is 1.52. The van der Waals surface area contributed by atoms with Gasteiger partial charge in [-0.3, -0.25) is 9.79 Å². The number of benzene rings is 1. The second-order valence-corrected chi connectivity index (χ2v) is 5.35. The lowest BCUT2D eigenvalue weighted by molar-refractivity contribution is -0.143. The molecule has 0 atom stereocenters. The Labute approximate surface area is 168 Å². The maximum absolute atomic E-state index is 11.3. The molecule has 25 heavy (non-hydrogen) atoms. The molecule has 142 valence electrons. The summed E-state index contributed by atoms with van der Waals surface area (Å²) in [5, 5.41) is 3.27. The third kappa shape index (κ3) is 9.52. The molecule has 1 rings (SSSR count). The van der Waals surface area contributed by atoms with Crippen LogP contribution in [-0.4, -0.2) is 50.7 Å². The number of halogens is 1. The summed E-state index contributed by atoms with van der Waals surface area (Å²) < 4.78 is 10.1. The van der Waals surface area contributed by atoms with E-state index in [1.165, 1.54) is 5.56 Å². The zero-order chi connectivity index (χ0) is 17.8. The first-order valence-electron chi connectivity index (χ1n) is 8.38. The predicted octanol–water partition coefficient (Wildman–Crippen LogP) is 3.05. The molecule has 1 aromatic rings. The summed E-state index contributed by atoms with van der Waals surface area (Å²) in [5.41, 5.74) is 1.18. The standard InChI is InChI=1S/C18H29N3O3.HI/c1-5-19-18(20-13-7-8-17(22)24-6-2)21(3)14-15-9-11-16(23-4)12-10-15;/h9-12H,5-8,13-14H2,1-4H3,(H,19,20);1H. The van der Waals surface area contributed by atoms with Crippen molar-refractivity contribution in [3.05, 3.63) is 29.8 Å². The smallest absolute Gasteiger partial charge is 0.305 e. The Balaban J connectivity index is 0.00000576. The topological polar surface area (TPSA) is 63.2 Å². The Hall–Kier alpha value is -1.51. The van der Waals surface area contributed by atoms with Gasteiger partial charge in [0.1, 0.15) is 5.75 Å². The Bertz CT molecular complexity index is 521. The molecule has 0 aliphatic heterocycles. The summed E-state index contributed by atoms with van der Waals surface area (Å²) in [6, 6.07) is 7.98. The summed E-state index contributed by atoms with van der Waals surface area (Å²) in [7, 11) is 3.66. The third-order valence-corrected chi connectivity index (χ3v) is 3.38. The maximum Gasteiger partial charge on any atom is 0.305 e. The van der Waals surface area contributed by atoms with Gasteiger partial charge in [-0.05, 0) is 38.0 Å². The van der Waals surface area contributed by atoms with Crippen LogP contribution in [0.15, 0.2) is 29.3 Å². The largest absolute Gasteiger partial charge is 0.497 e. The second-order valence-electron chi connectivity index (χ2n) is 5.35. The van der Waals surface area contributed by atoms with E-state index >= 15 is 0 Å². The monoisotopic (exact) mass is 463 g/mol. The van der Waals surface area contributed by atoms with Crippen molar-refractivity contribution in [1.82, 2.24) is 10.2 Å². The van der Waals surface area contributed by atoms with Gasteiger partial charge >= 0.3 is 5.97 Å². The van der Waals surface area contributed by atoms with Crippen LogP contribution in [0.4, 0.5) is 0 Å². The van der Waals surface area contributed by atoms with Gasteiger partial charge in [0.2, 0.25) is 0 Å². The maximum atomic E-state index is 11.3. The molecule has 0 amide bonds. The summed E-state index contributed by atoms with van der Waals surface area (Å²) in [4.78, 5) is 18.0. The lowest BCUT2D eigenvalue weighted by Gasteiger charge is -2.22. The van der Waals surface area contributed by atoms with Crippen LogP contribution in [-0.2, 0) is 16.1 Å². The van der Waals surface area contributed by atoms with Crippen LogP contribution < -0.4 is 10.1 Å². The summed E-state index contributed by atoms with van der Waals surface area (Å²) in [6.45, 7) is 6.41. The van der Waals surface area contributed by atoms with Crippen molar-refractivity contribution in [3.63, 3.8) is 0 Å². The highest BCUT2D eigenvalue weighted by molar-refractivity contribution is 14.0. The van der Waals surface area contributed by atoms with Crippen LogP contribution in [0.2, 0.25) is 0 Å². The molecular formula is C18H30IN3O3. The molecule has 0 saturated carbocycles. The molecule has 0 unspecified atom stereocenters. The van der Waals surface area contributed by atoms with Gasteiger partial charge in [0.05, 0.1) is 13.7 Å². The predicted molar refractivity (Wildman–Crippen MR) is 112 cm³/mol. The number of rotatable bonds is 9. The average molecular weight is 463 g/mol. The van der Waals surface area contributed by atoms with Crippen molar-refractivity contribution in [2.24, 2.45) is 4.99 Å². The van der Waals surface area contributed by atoms with Crippen molar-refractivity contribution < 1.29 is 14.3 Å². The molecule has 0 spiro atoms. The van der Waals surface area contributed by atoms with Crippen LogP contribution in [0.3, 0.4) is 0 Å². The average Bonchev–Trinajstić information content (AvgIpc) is 2.58. The molecule has 0 heterocycles. The lowest BCUT2D eigenvalue weighted by Crippen LogP contribution is -2.38. The molecule has 0 aromatic heterocycles. The minimum Gasteiger partial charge on any atom is -0.497 e. The first kappa shape index (κ1) is 23.5. The molecule has 1 N–H and O–H groups in total. The molecule has 0 aliphatic carbocycles. The van der Waals surface area contributed by atoms with Gasteiger partial charge < -0.3 is 19.7 Å².